The van der Waals surface area contributed by atoms with Crippen molar-refractivity contribution in [2.45, 2.75) is 58.8 Å². The van der Waals surface area contributed by atoms with Crippen LogP contribution in [-0.4, -0.2) is 30.4 Å². The maximum atomic E-state index is 11.5. The average Bonchev–Trinajstić information content (AvgIpc) is 2.69. The van der Waals surface area contributed by atoms with Gasteiger partial charge in [0, 0.05) is 26.1 Å². The number of carbonyl (C=O) groups is 1. The maximum absolute atomic E-state index is 11.5. The Balaban J connectivity index is 1.69. The fourth-order valence-electron chi connectivity index (χ4n) is 2.57. The van der Waals surface area contributed by atoms with Gasteiger partial charge in [-0.1, -0.05) is 12.1 Å². The first-order chi connectivity index (χ1) is 10.6. The fraction of sp³-hybridized carbons (Fsp3) is 0.611. The molecule has 23 heavy (non-hydrogen) atoms. The lowest BCUT2D eigenvalue weighted by atomic mass is 10.0. The molecule has 0 saturated heterocycles. The number of hydrogen-bond donors (Lipinski definition) is 2. The third kappa shape index (κ3) is 5.75. The Morgan fingerprint density at radius 3 is 2.74 bits per heavy atom. The van der Waals surface area contributed by atoms with E-state index >= 15 is 0 Å². The van der Waals surface area contributed by atoms with Crippen molar-refractivity contribution < 1.29 is 14.3 Å². The van der Waals surface area contributed by atoms with Gasteiger partial charge < -0.3 is 20.1 Å². The number of rotatable bonds is 5. The molecule has 0 bridgehead atoms. The van der Waals surface area contributed by atoms with Gasteiger partial charge in [0.2, 0.25) is 0 Å². The van der Waals surface area contributed by atoms with Crippen molar-refractivity contribution in [2.75, 3.05) is 13.1 Å². The first-order valence-corrected chi connectivity index (χ1v) is 8.13. The molecule has 128 valence electrons. The topological polar surface area (TPSA) is 59.6 Å². The smallest absolute Gasteiger partial charge is 0.407 e. The molecule has 0 saturated carbocycles. The van der Waals surface area contributed by atoms with Crippen LogP contribution in [0.15, 0.2) is 18.2 Å². The summed E-state index contributed by atoms with van der Waals surface area (Å²) in [4.78, 5) is 11.5. The van der Waals surface area contributed by atoms with Crippen LogP contribution in [0.3, 0.4) is 0 Å². The molecular formula is C18H28N2O3. The Hall–Kier alpha value is -1.75. The largest absolute Gasteiger partial charge is 0.487 e. The number of fused-ring (bicyclic) bond motifs is 1. The van der Waals surface area contributed by atoms with Crippen LogP contribution in [0.1, 0.15) is 45.7 Å². The van der Waals surface area contributed by atoms with E-state index in [0.717, 1.165) is 18.7 Å². The van der Waals surface area contributed by atoms with Crippen molar-refractivity contribution >= 4 is 6.09 Å². The van der Waals surface area contributed by atoms with Crippen LogP contribution in [0.4, 0.5) is 4.79 Å². The summed E-state index contributed by atoms with van der Waals surface area (Å²) in [6, 6.07) is 6.31. The summed E-state index contributed by atoms with van der Waals surface area (Å²) in [7, 11) is 0. The fourth-order valence-corrected chi connectivity index (χ4v) is 2.57. The van der Waals surface area contributed by atoms with E-state index in [0.29, 0.717) is 13.1 Å². The Kier molecular flexibility index (Phi) is 5.19. The normalized spacial score (nSPS) is 15.7. The molecule has 0 spiro atoms. The summed E-state index contributed by atoms with van der Waals surface area (Å²) < 4.78 is 11.1. The monoisotopic (exact) mass is 320 g/mol. The first kappa shape index (κ1) is 17.6. The van der Waals surface area contributed by atoms with Gasteiger partial charge >= 0.3 is 6.09 Å². The Bertz CT molecular complexity index is 562. The lowest BCUT2D eigenvalue weighted by Gasteiger charge is -2.19. The van der Waals surface area contributed by atoms with E-state index in [1.54, 1.807) is 0 Å². The lowest BCUT2D eigenvalue weighted by Crippen LogP contribution is -2.36. The number of hydrogen-bond acceptors (Lipinski definition) is 4. The molecule has 1 aromatic carbocycles. The minimum atomic E-state index is -0.461. The molecule has 2 rings (SSSR count). The van der Waals surface area contributed by atoms with Crippen molar-refractivity contribution in [1.82, 2.24) is 10.6 Å². The summed E-state index contributed by atoms with van der Waals surface area (Å²) in [5.41, 5.74) is 1.92. The molecule has 1 heterocycles. The molecule has 0 fully saturated rings. The number of alkyl carbamates (subject to hydrolysis) is 1. The number of nitrogens with one attached hydrogen (secondary N) is 2. The van der Waals surface area contributed by atoms with Gasteiger partial charge in [0.25, 0.3) is 0 Å². The lowest BCUT2D eigenvalue weighted by molar-refractivity contribution is 0.0528. The molecule has 2 N–H and O–H groups in total. The second-order valence-electron chi connectivity index (χ2n) is 7.59. The molecule has 1 aromatic rings. The highest BCUT2D eigenvalue weighted by Gasteiger charge is 2.29. The second kappa shape index (κ2) is 6.79. The number of carbonyl (C=O) groups excluding carboxylic acids is 1. The van der Waals surface area contributed by atoms with Crippen molar-refractivity contribution in [3.63, 3.8) is 0 Å². The average molecular weight is 320 g/mol. The predicted molar refractivity (Wildman–Crippen MR) is 90.8 cm³/mol. The van der Waals surface area contributed by atoms with E-state index < -0.39 is 5.60 Å². The van der Waals surface area contributed by atoms with Gasteiger partial charge in [-0.2, -0.15) is 0 Å². The second-order valence-corrected chi connectivity index (χ2v) is 7.59. The predicted octanol–water partition coefficient (Wildman–Crippen LogP) is 3.01. The molecule has 0 aliphatic carbocycles. The standard InChI is InChI=1S/C18H28N2O3/c1-17(2,3)23-16(21)20-9-8-19-12-13-6-7-15-14(10-13)11-18(4,5)22-15/h6-7,10,19H,8-9,11-12H2,1-5H3,(H,20,21). The zero-order valence-electron chi connectivity index (χ0n) is 14.8. The van der Waals surface area contributed by atoms with Gasteiger partial charge in [-0.25, -0.2) is 4.79 Å². The van der Waals surface area contributed by atoms with Crippen LogP contribution in [-0.2, 0) is 17.7 Å². The zero-order valence-corrected chi connectivity index (χ0v) is 14.8. The van der Waals surface area contributed by atoms with Crippen LogP contribution in [0.2, 0.25) is 0 Å². The number of ether oxygens (including phenoxy) is 2. The molecule has 1 aliphatic rings. The summed E-state index contributed by atoms with van der Waals surface area (Å²) >= 11 is 0. The minimum absolute atomic E-state index is 0.105. The molecule has 1 aliphatic heterocycles. The Morgan fingerprint density at radius 2 is 2.04 bits per heavy atom. The number of amides is 1. The third-order valence-corrected chi connectivity index (χ3v) is 3.43. The highest BCUT2D eigenvalue weighted by Crippen LogP contribution is 2.35. The SMILES string of the molecule is CC(C)(C)OC(=O)NCCNCc1ccc2c(c1)CC(C)(C)O2. The minimum Gasteiger partial charge on any atom is -0.487 e. The molecule has 5 heteroatoms. The quantitative estimate of drug-likeness (QED) is 0.819. The molecule has 1 amide bonds. The van der Waals surface area contributed by atoms with Crippen molar-refractivity contribution in [3.8, 4) is 5.75 Å². The van der Waals surface area contributed by atoms with E-state index in [2.05, 4.69) is 36.6 Å². The summed E-state index contributed by atoms with van der Waals surface area (Å²) in [6.45, 7) is 11.8. The molecule has 0 aromatic heterocycles. The molecule has 0 unspecified atom stereocenters. The van der Waals surface area contributed by atoms with E-state index in [4.69, 9.17) is 9.47 Å². The molecule has 5 nitrogen and oxygen atoms in total. The summed E-state index contributed by atoms with van der Waals surface area (Å²) in [5, 5.41) is 6.05. The van der Waals surface area contributed by atoms with E-state index in [1.165, 1.54) is 11.1 Å². The van der Waals surface area contributed by atoms with Gasteiger partial charge in [0.15, 0.2) is 0 Å². The van der Waals surface area contributed by atoms with Gasteiger partial charge in [0.1, 0.15) is 17.0 Å². The summed E-state index contributed by atoms with van der Waals surface area (Å²) in [5.74, 6) is 0.991. The van der Waals surface area contributed by atoms with E-state index in [1.807, 2.05) is 26.8 Å². The van der Waals surface area contributed by atoms with Crippen LogP contribution in [0.25, 0.3) is 0 Å². The van der Waals surface area contributed by atoms with Crippen LogP contribution >= 0.6 is 0 Å². The van der Waals surface area contributed by atoms with Gasteiger partial charge in [-0.3, -0.25) is 0 Å². The Morgan fingerprint density at radius 1 is 1.30 bits per heavy atom. The van der Waals surface area contributed by atoms with Crippen molar-refractivity contribution in [3.05, 3.63) is 29.3 Å². The van der Waals surface area contributed by atoms with Crippen LogP contribution < -0.4 is 15.4 Å². The van der Waals surface area contributed by atoms with Crippen LogP contribution in [0.5, 0.6) is 5.75 Å². The third-order valence-electron chi connectivity index (χ3n) is 3.43. The van der Waals surface area contributed by atoms with Gasteiger partial charge in [-0.15, -0.1) is 0 Å². The van der Waals surface area contributed by atoms with E-state index in [-0.39, 0.29) is 11.7 Å². The van der Waals surface area contributed by atoms with E-state index in [9.17, 15) is 4.79 Å². The van der Waals surface area contributed by atoms with Crippen molar-refractivity contribution in [2.24, 2.45) is 0 Å². The van der Waals surface area contributed by atoms with Crippen LogP contribution in [0, 0.1) is 0 Å². The first-order valence-electron chi connectivity index (χ1n) is 8.13. The maximum Gasteiger partial charge on any atom is 0.407 e. The molecule has 0 atom stereocenters. The number of benzene rings is 1. The molecule has 0 radical (unpaired) electrons. The highest BCUT2D eigenvalue weighted by atomic mass is 16.6. The summed E-state index contributed by atoms with van der Waals surface area (Å²) in [6.07, 6.45) is 0.562. The Labute approximate surface area is 138 Å². The highest BCUT2D eigenvalue weighted by molar-refractivity contribution is 5.67. The van der Waals surface area contributed by atoms with Crippen molar-refractivity contribution in [1.29, 1.82) is 0 Å². The van der Waals surface area contributed by atoms with Gasteiger partial charge in [-0.05, 0) is 51.8 Å². The zero-order chi connectivity index (χ0) is 17.1. The van der Waals surface area contributed by atoms with Gasteiger partial charge in [0.05, 0.1) is 0 Å². The molecular weight excluding hydrogens is 292 g/mol.